The van der Waals surface area contributed by atoms with E-state index in [1.165, 1.54) is 10.4 Å². The molecular weight excluding hydrogens is 360 g/mol. The third-order valence-electron chi connectivity index (χ3n) is 3.08. The monoisotopic (exact) mass is 372 g/mol. The molecule has 0 aliphatic carbocycles. The standard InChI is InChI=1S/C10H14BrClN2O2S2/c1-14(7-2-4-13-5-3-7)18(15,16)9-6-8(12)10(11)17-9/h6-7,13H,2-5H2,1H3. The molecule has 0 radical (unpaired) electrons. The van der Waals surface area contributed by atoms with Crippen molar-refractivity contribution in [3.05, 3.63) is 14.9 Å². The predicted molar refractivity (Wildman–Crippen MR) is 77.9 cm³/mol. The summed E-state index contributed by atoms with van der Waals surface area (Å²) in [6.45, 7) is 1.72. The lowest BCUT2D eigenvalue weighted by atomic mass is 10.1. The summed E-state index contributed by atoms with van der Waals surface area (Å²) in [6.07, 6.45) is 1.69. The summed E-state index contributed by atoms with van der Waals surface area (Å²) in [5, 5.41) is 3.67. The van der Waals surface area contributed by atoms with Gasteiger partial charge in [0.05, 0.1) is 8.81 Å². The van der Waals surface area contributed by atoms with Crippen LogP contribution in [0.1, 0.15) is 12.8 Å². The smallest absolute Gasteiger partial charge is 0.252 e. The molecule has 0 aromatic carbocycles. The van der Waals surface area contributed by atoms with Crippen LogP contribution in [0.2, 0.25) is 5.02 Å². The highest BCUT2D eigenvalue weighted by atomic mass is 79.9. The fourth-order valence-corrected chi connectivity index (χ4v) is 5.96. The van der Waals surface area contributed by atoms with Gasteiger partial charge in [-0.15, -0.1) is 11.3 Å². The van der Waals surface area contributed by atoms with E-state index < -0.39 is 10.0 Å². The van der Waals surface area contributed by atoms with Gasteiger partial charge in [0.1, 0.15) is 4.21 Å². The lowest BCUT2D eigenvalue weighted by molar-refractivity contribution is 0.297. The molecule has 2 rings (SSSR count). The quantitative estimate of drug-likeness (QED) is 0.886. The first kappa shape index (κ1) is 14.7. The maximum absolute atomic E-state index is 12.4. The molecule has 4 nitrogen and oxygen atoms in total. The number of rotatable bonds is 3. The Labute approximate surface area is 124 Å². The number of thiophene rings is 1. The molecule has 18 heavy (non-hydrogen) atoms. The van der Waals surface area contributed by atoms with Gasteiger partial charge < -0.3 is 5.32 Å². The van der Waals surface area contributed by atoms with Crippen LogP contribution in [0.15, 0.2) is 14.1 Å². The van der Waals surface area contributed by atoms with Gasteiger partial charge in [-0.1, -0.05) is 11.6 Å². The Bertz CT molecular complexity index is 506. The molecule has 0 atom stereocenters. The fourth-order valence-electron chi connectivity index (χ4n) is 1.96. The molecule has 1 aromatic heterocycles. The van der Waals surface area contributed by atoms with E-state index in [0.29, 0.717) is 13.0 Å². The van der Waals surface area contributed by atoms with Crippen LogP contribution in [0.25, 0.3) is 0 Å². The number of nitrogens with zero attached hydrogens (tertiary/aromatic N) is 1. The molecule has 1 N–H and O–H groups in total. The van der Waals surface area contributed by atoms with Crippen LogP contribution in [0, 0.1) is 0 Å². The molecule has 0 unspecified atom stereocenters. The Kier molecular flexibility index (Phi) is 4.72. The summed E-state index contributed by atoms with van der Waals surface area (Å²) in [4.78, 5) is 0. The lowest BCUT2D eigenvalue weighted by Crippen LogP contribution is -2.43. The summed E-state index contributed by atoms with van der Waals surface area (Å²) in [7, 11) is -1.78. The summed E-state index contributed by atoms with van der Waals surface area (Å²) in [6, 6.07) is 1.57. The second-order valence-electron chi connectivity index (χ2n) is 4.19. The molecular formula is C10H14BrClN2O2S2. The van der Waals surface area contributed by atoms with Gasteiger partial charge in [-0.05, 0) is 47.9 Å². The molecule has 1 saturated heterocycles. The molecule has 1 fully saturated rings. The van der Waals surface area contributed by atoms with Crippen molar-refractivity contribution in [1.29, 1.82) is 0 Å². The molecule has 1 aromatic rings. The van der Waals surface area contributed by atoms with E-state index in [1.54, 1.807) is 7.05 Å². The van der Waals surface area contributed by atoms with Crippen molar-refractivity contribution in [3.8, 4) is 0 Å². The van der Waals surface area contributed by atoms with Crippen LogP contribution < -0.4 is 5.32 Å². The van der Waals surface area contributed by atoms with E-state index in [0.717, 1.165) is 37.3 Å². The van der Waals surface area contributed by atoms with E-state index >= 15 is 0 Å². The van der Waals surface area contributed by atoms with Gasteiger partial charge in [-0.25, -0.2) is 8.42 Å². The Balaban J connectivity index is 2.24. The van der Waals surface area contributed by atoms with Crippen molar-refractivity contribution in [2.24, 2.45) is 0 Å². The highest BCUT2D eigenvalue weighted by Crippen LogP contribution is 2.36. The summed E-state index contributed by atoms with van der Waals surface area (Å²) in [5.74, 6) is 0. The predicted octanol–water partition coefficient (Wildman–Crippen LogP) is 2.54. The minimum atomic E-state index is -3.43. The number of halogens is 2. The van der Waals surface area contributed by atoms with E-state index in [9.17, 15) is 8.42 Å². The second-order valence-corrected chi connectivity index (χ2v) is 9.19. The van der Waals surface area contributed by atoms with Gasteiger partial charge in [0.15, 0.2) is 0 Å². The van der Waals surface area contributed by atoms with Crippen molar-refractivity contribution in [2.45, 2.75) is 23.1 Å². The van der Waals surface area contributed by atoms with E-state index in [4.69, 9.17) is 11.6 Å². The molecule has 1 aliphatic rings. The summed E-state index contributed by atoms with van der Waals surface area (Å²) >= 11 is 10.3. The van der Waals surface area contributed by atoms with Crippen molar-refractivity contribution < 1.29 is 8.42 Å². The highest BCUT2D eigenvalue weighted by Gasteiger charge is 2.30. The van der Waals surface area contributed by atoms with Crippen LogP contribution in [-0.4, -0.2) is 38.9 Å². The van der Waals surface area contributed by atoms with Crippen LogP contribution in [0.4, 0.5) is 0 Å². The Morgan fingerprint density at radius 1 is 1.50 bits per heavy atom. The first-order valence-corrected chi connectivity index (χ1v) is 8.99. The van der Waals surface area contributed by atoms with E-state index in [2.05, 4.69) is 21.2 Å². The summed E-state index contributed by atoms with van der Waals surface area (Å²) < 4.78 is 27.3. The van der Waals surface area contributed by atoms with Crippen molar-refractivity contribution >= 4 is 48.9 Å². The highest BCUT2D eigenvalue weighted by molar-refractivity contribution is 9.11. The van der Waals surface area contributed by atoms with Gasteiger partial charge in [0, 0.05) is 13.1 Å². The molecule has 0 spiro atoms. The number of hydrogen-bond acceptors (Lipinski definition) is 4. The second kappa shape index (κ2) is 5.76. The fraction of sp³-hybridized carbons (Fsp3) is 0.600. The Morgan fingerprint density at radius 3 is 2.61 bits per heavy atom. The minimum Gasteiger partial charge on any atom is -0.317 e. The van der Waals surface area contributed by atoms with Crippen LogP contribution in [0.3, 0.4) is 0 Å². The van der Waals surface area contributed by atoms with E-state index in [-0.39, 0.29) is 6.04 Å². The molecule has 102 valence electrons. The maximum Gasteiger partial charge on any atom is 0.252 e. The number of hydrogen-bond donors (Lipinski definition) is 1. The zero-order valence-corrected chi connectivity index (χ0v) is 13.8. The Hall–Kier alpha value is 0.340. The molecule has 2 heterocycles. The first-order chi connectivity index (χ1) is 8.43. The van der Waals surface area contributed by atoms with Crippen LogP contribution in [0.5, 0.6) is 0 Å². The van der Waals surface area contributed by atoms with Gasteiger partial charge in [-0.3, -0.25) is 0 Å². The lowest BCUT2D eigenvalue weighted by Gasteiger charge is -2.30. The van der Waals surface area contributed by atoms with Crippen molar-refractivity contribution in [3.63, 3.8) is 0 Å². The van der Waals surface area contributed by atoms with Crippen LogP contribution >= 0.6 is 38.9 Å². The third kappa shape index (κ3) is 2.91. The normalized spacial score (nSPS) is 18.4. The molecule has 0 bridgehead atoms. The topological polar surface area (TPSA) is 49.4 Å². The van der Waals surface area contributed by atoms with E-state index in [1.807, 2.05) is 0 Å². The van der Waals surface area contributed by atoms with Gasteiger partial charge in [0.2, 0.25) is 0 Å². The van der Waals surface area contributed by atoms with Crippen LogP contribution in [-0.2, 0) is 10.0 Å². The minimum absolute atomic E-state index is 0.0656. The number of piperidine rings is 1. The molecule has 0 amide bonds. The van der Waals surface area contributed by atoms with Crippen molar-refractivity contribution in [2.75, 3.05) is 20.1 Å². The largest absolute Gasteiger partial charge is 0.317 e. The van der Waals surface area contributed by atoms with Gasteiger partial charge in [0.25, 0.3) is 10.0 Å². The number of nitrogens with one attached hydrogen (secondary N) is 1. The maximum atomic E-state index is 12.4. The molecule has 1 aliphatic heterocycles. The zero-order valence-electron chi connectivity index (χ0n) is 9.82. The average Bonchev–Trinajstić information content (AvgIpc) is 2.70. The first-order valence-electron chi connectivity index (χ1n) is 5.56. The third-order valence-corrected chi connectivity index (χ3v) is 7.91. The Morgan fingerprint density at radius 2 is 2.11 bits per heavy atom. The summed E-state index contributed by atoms with van der Waals surface area (Å²) in [5.41, 5.74) is 0. The number of sulfonamides is 1. The van der Waals surface area contributed by atoms with Gasteiger partial charge >= 0.3 is 0 Å². The van der Waals surface area contributed by atoms with Crippen molar-refractivity contribution in [1.82, 2.24) is 9.62 Å². The zero-order chi connectivity index (χ0) is 13.3. The SMILES string of the molecule is CN(C1CCNCC1)S(=O)(=O)c1cc(Cl)c(Br)s1. The molecule has 0 saturated carbocycles. The van der Waals surface area contributed by atoms with Gasteiger partial charge in [-0.2, -0.15) is 4.31 Å². The average molecular weight is 374 g/mol. The molecule has 8 heteroatoms.